The molecule has 0 saturated heterocycles. The molecule has 1 aliphatic heterocycles. The van der Waals surface area contributed by atoms with Gasteiger partial charge in [-0.2, -0.15) is 0 Å². The topological polar surface area (TPSA) is 68.2 Å². The van der Waals surface area contributed by atoms with Gasteiger partial charge in [-0.3, -0.25) is 0 Å². The first kappa shape index (κ1) is 23.6. The van der Waals surface area contributed by atoms with Gasteiger partial charge < -0.3 is 24.2 Å². The Bertz CT molecular complexity index is 1040. The summed E-state index contributed by atoms with van der Waals surface area (Å²) in [5.74, 6) is 1.35. The molecule has 0 amide bonds. The number of unbranched alkanes of at least 4 members (excludes halogenated alkanes) is 3. The number of aliphatic carboxylic acids is 1. The molecule has 0 spiro atoms. The van der Waals surface area contributed by atoms with Crippen molar-refractivity contribution in [2.75, 3.05) is 18.2 Å². The molecule has 0 saturated carbocycles. The third-order valence-corrected chi connectivity index (χ3v) is 5.83. The van der Waals surface area contributed by atoms with Gasteiger partial charge in [0.2, 0.25) is 0 Å². The zero-order valence-electron chi connectivity index (χ0n) is 19.5. The second kappa shape index (κ2) is 11.6. The van der Waals surface area contributed by atoms with Crippen LogP contribution in [-0.2, 0) is 16.0 Å². The predicted molar refractivity (Wildman–Crippen MR) is 132 cm³/mol. The van der Waals surface area contributed by atoms with Gasteiger partial charge in [-0.1, -0.05) is 62.6 Å². The van der Waals surface area contributed by atoms with Crippen molar-refractivity contribution >= 4 is 17.3 Å². The molecule has 1 N–H and O–H groups in total. The molecule has 1 heterocycles. The van der Waals surface area contributed by atoms with Gasteiger partial charge in [-0.15, -0.1) is 0 Å². The minimum atomic E-state index is -0.930. The fraction of sp³-hybridized carbons (Fsp3) is 0.321. The second-order valence-electron chi connectivity index (χ2n) is 8.35. The minimum absolute atomic E-state index is 0.315. The monoisotopic (exact) mass is 461 g/mol. The van der Waals surface area contributed by atoms with Crippen LogP contribution in [0.5, 0.6) is 17.2 Å². The number of nitrogens with zero attached hydrogens (tertiary/aromatic N) is 1. The number of ether oxygens (including phenoxy) is 3. The van der Waals surface area contributed by atoms with Gasteiger partial charge in [0.1, 0.15) is 5.75 Å². The Labute approximate surface area is 200 Å². The van der Waals surface area contributed by atoms with E-state index in [2.05, 4.69) is 11.8 Å². The Hall–Kier alpha value is -3.51. The van der Waals surface area contributed by atoms with Crippen LogP contribution in [-0.4, -0.2) is 30.5 Å². The van der Waals surface area contributed by atoms with Crippen molar-refractivity contribution in [1.29, 1.82) is 0 Å². The molecule has 34 heavy (non-hydrogen) atoms. The summed E-state index contributed by atoms with van der Waals surface area (Å²) in [4.78, 5) is 13.7. The first-order valence-corrected chi connectivity index (χ1v) is 11.9. The molecule has 178 valence electrons. The average Bonchev–Trinajstić information content (AvgIpc) is 2.86. The summed E-state index contributed by atoms with van der Waals surface area (Å²) in [7, 11) is 0. The summed E-state index contributed by atoms with van der Waals surface area (Å²) in [6, 6.07) is 23.3. The molecule has 0 aromatic heterocycles. The molecule has 0 fully saturated rings. The maximum atomic E-state index is 11.6. The smallest absolute Gasteiger partial charge is 0.333 e. The van der Waals surface area contributed by atoms with Crippen LogP contribution in [0, 0.1) is 0 Å². The van der Waals surface area contributed by atoms with Crippen molar-refractivity contribution in [2.24, 2.45) is 0 Å². The third-order valence-electron chi connectivity index (χ3n) is 5.83. The van der Waals surface area contributed by atoms with Crippen LogP contribution in [0.15, 0.2) is 72.8 Å². The molecule has 4 rings (SSSR count). The standard InChI is InChI=1S/C28H31NO5/c1-2-3-4-9-18-32-27(28(30)31)19-21-14-16-22(17-15-21)33-20-29-23-10-5-7-12-25(23)34-26-13-8-6-11-24(26)29/h5-8,10-17,27H,2-4,9,18-20H2,1H3,(H,30,31). The van der Waals surface area contributed by atoms with Crippen LogP contribution in [0.4, 0.5) is 11.4 Å². The molecule has 3 aromatic rings. The molecule has 6 heteroatoms. The summed E-state index contributed by atoms with van der Waals surface area (Å²) >= 11 is 0. The lowest BCUT2D eigenvalue weighted by molar-refractivity contribution is -0.150. The molecule has 0 radical (unpaired) electrons. The highest BCUT2D eigenvalue weighted by Gasteiger charge is 2.24. The van der Waals surface area contributed by atoms with Gasteiger partial charge in [0, 0.05) is 13.0 Å². The van der Waals surface area contributed by atoms with E-state index in [9.17, 15) is 9.90 Å². The summed E-state index contributed by atoms with van der Waals surface area (Å²) < 4.78 is 17.7. The van der Waals surface area contributed by atoms with Crippen LogP contribution < -0.4 is 14.4 Å². The van der Waals surface area contributed by atoms with Crippen LogP contribution in [0.1, 0.15) is 38.2 Å². The van der Waals surface area contributed by atoms with Crippen LogP contribution >= 0.6 is 0 Å². The summed E-state index contributed by atoms with van der Waals surface area (Å²) in [6.07, 6.45) is 3.72. The number of carbonyl (C=O) groups is 1. The van der Waals surface area contributed by atoms with E-state index in [-0.39, 0.29) is 0 Å². The number of carboxylic acid groups (broad SMARTS) is 1. The molecule has 0 bridgehead atoms. The van der Waals surface area contributed by atoms with E-state index >= 15 is 0 Å². The van der Waals surface area contributed by atoms with Gasteiger partial charge in [0.15, 0.2) is 24.3 Å². The molecule has 6 nitrogen and oxygen atoms in total. The highest BCUT2D eigenvalue weighted by atomic mass is 16.5. The summed E-state index contributed by atoms with van der Waals surface area (Å²) in [5.41, 5.74) is 2.78. The van der Waals surface area contributed by atoms with Crippen molar-refractivity contribution < 1.29 is 24.1 Å². The van der Waals surface area contributed by atoms with Gasteiger partial charge in [-0.05, 0) is 48.4 Å². The third kappa shape index (κ3) is 5.88. The Morgan fingerprint density at radius 1 is 0.912 bits per heavy atom. The lowest BCUT2D eigenvalue weighted by atomic mass is 10.1. The van der Waals surface area contributed by atoms with Gasteiger partial charge in [0.05, 0.1) is 11.4 Å². The van der Waals surface area contributed by atoms with Gasteiger partial charge in [0.25, 0.3) is 0 Å². The highest BCUT2D eigenvalue weighted by Crippen LogP contribution is 2.46. The van der Waals surface area contributed by atoms with Gasteiger partial charge in [-0.25, -0.2) is 4.79 Å². The first-order chi connectivity index (χ1) is 16.7. The van der Waals surface area contributed by atoms with E-state index in [1.807, 2.05) is 72.8 Å². The lowest BCUT2D eigenvalue weighted by Gasteiger charge is -2.32. The maximum absolute atomic E-state index is 11.6. The van der Waals surface area contributed by atoms with E-state index in [1.54, 1.807) is 0 Å². The van der Waals surface area contributed by atoms with Crippen molar-refractivity contribution in [2.45, 2.75) is 45.1 Å². The van der Waals surface area contributed by atoms with Crippen molar-refractivity contribution in [1.82, 2.24) is 0 Å². The average molecular weight is 462 g/mol. The number of rotatable bonds is 12. The van der Waals surface area contributed by atoms with Gasteiger partial charge >= 0.3 is 5.97 Å². The zero-order chi connectivity index (χ0) is 23.8. The van der Waals surface area contributed by atoms with Crippen LogP contribution in [0.2, 0.25) is 0 Å². The van der Waals surface area contributed by atoms with E-state index in [0.717, 1.165) is 54.1 Å². The number of carboxylic acids is 1. The number of hydrogen-bond acceptors (Lipinski definition) is 5. The highest BCUT2D eigenvalue weighted by molar-refractivity contribution is 5.77. The Morgan fingerprint density at radius 2 is 1.56 bits per heavy atom. The van der Waals surface area contributed by atoms with E-state index in [0.29, 0.717) is 25.5 Å². The number of hydrogen-bond donors (Lipinski definition) is 1. The SMILES string of the molecule is CCCCCCOC(Cc1ccc(OCN2c3ccccc3Oc3ccccc32)cc1)C(=O)O. The molecule has 1 atom stereocenters. The maximum Gasteiger partial charge on any atom is 0.333 e. The fourth-order valence-electron chi connectivity index (χ4n) is 3.97. The molecular weight excluding hydrogens is 430 g/mol. The quantitative estimate of drug-likeness (QED) is 0.308. The summed E-state index contributed by atoms with van der Waals surface area (Å²) in [6.45, 7) is 2.93. The normalized spacial score (nSPS) is 12.9. The van der Waals surface area contributed by atoms with E-state index < -0.39 is 12.1 Å². The predicted octanol–water partition coefficient (Wildman–Crippen LogP) is 6.56. The van der Waals surface area contributed by atoms with E-state index in [1.165, 1.54) is 0 Å². The van der Waals surface area contributed by atoms with Crippen molar-refractivity contribution in [3.05, 3.63) is 78.4 Å². The molecule has 1 unspecified atom stereocenters. The Kier molecular flexibility index (Phi) is 8.04. The molecule has 1 aliphatic rings. The Balaban J connectivity index is 1.37. The first-order valence-electron chi connectivity index (χ1n) is 11.9. The van der Waals surface area contributed by atoms with Crippen molar-refractivity contribution in [3.63, 3.8) is 0 Å². The van der Waals surface area contributed by atoms with Crippen LogP contribution in [0.3, 0.4) is 0 Å². The minimum Gasteiger partial charge on any atom is -0.479 e. The summed E-state index contributed by atoms with van der Waals surface area (Å²) in [5, 5.41) is 9.52. The number of anilines is 2. The number of para-hydroxylation sites is 4. The van der Waals surface area contributed by atoms with Crippen LogP contribution in [0.25, 0.3) is 0 Å². The molecule has 3 aromatic carbocycles. The van der Waals surface area contributed by atoms with E-state index in [4.69, 9.17) is 14.2 Å². The second-order valence-corrected chi connectivity index (χ2v) is 8.35. The van der Waals surface area contributed by atoms with Crippen molar-refractivity contribution in [3.8, 4) is 17.2 Å². The number of benzene rings is 3. The lowest BCUT2D eigenvalue weighted by Crippen LogP contribution is -2.27. The number of fused-ring (bicyclic) bond motifs is 2. The molecule has 0 aliphatic carbocycles. The fourth-order valence-corrected chi connectivity index (χ4v) is 3.97. The zero-order valence-corrected chi connectivity index (χ0v) is 19.5. The Morgan fingerprint density at radius 3 is 2.18 bits per heavy atom. The largest absolute Gasteiger partial charge is 0.479 e. The molecular formula is C28H31NO5.